The Hall–Kier alpha value is -2.26. The standard InChI is InChI=1S/C14H13FN4O3S/c1-14(2-3-14)19-23(21,22)10-5-9-7(4-8(10)15)11-12(18-9)16-6-17-13(11)20/h4-6,19H,2-3H2,1H3,(H2,16,17,18,20). The van der Waals surface area contributed by atoms with Crippen molar-refractivity contribution in [2.75, 3.05) is 0 Å². The minimum Gasteiger partial charge on any atom is -0.339 e. The zero-order valence-corrected chi connectivity index (χ0v) is 12.9. The van der Waals surface area contributed by atoms with Gasteiger partial charge in [-0.25, -0.2) is 22.5 Å². The van der Waals surface area contributed by atoms with Crippen LogP contribution in [0.5, 0.6) is 0 Å². The van der Waals surface area contributed by atoms with Crippen LogP contribution in [-0.4, -0.2) is 28.9 Å². The van der Waals surface area contributed by atoms with E-state index in [1.54, 1.807) is 6.92 Å². The number of aromatic amines is 2. The molecule has 0 bridgehead atoms. The van der Waals surface area contributed by atoms with Crippen LogP contribution in [-0.2, 0) is 10.0 Å². The number of halogens is 1. The van der Waals surface area contributed by atoms with Gasteiger partial charge in [-0.1, -0.05) is 0 Å². The molecule has 3 N–H and O–H groups in total. The minimum absolute atomic E-state index is 0.201. The van der Waals surface area contributed by atoms with Crippen molar-refractivity contribution in [1.82, 2.24) is 19.7 Å². The van der Waals surface area contributed by atoms with Crippen LogP contribution in [0, 0.1) is 5.82 Å². The first-order valence-corrected chi connectivity index (χ1v) is 8.50. The van der Waals surface area contributed by atoms with Gasteiger partial charge >= 0.3 is 0 Å². The number of fused-ring (bicyclic) bond motifs is 3. The van der Waals surface area contributed by atoms with E-state index in [1.165, 1.54) is 12.4 Å². The first-order chi connectivity index (χ1) is 10.8. The van der Waals surface area contributed by atoms with Crippen LogP contribution >= 0.6 is 0 Å². The molecular weight excluding hydrogens is 323 g/mol. The lowest BCUT2D eigenvalue weighted by molar-refractivity contribution is 0.541. The van der Waals surface area contributed by atoms with Gasteiger partial charge in [0.2, 0.25) is 10.0 Å². The molecule has 1 aromatic carbocycles. The van der Waals surface area contributed by atoms with Crippen molar-refractivity contribution < 1.29 is 12.8 Å². The predicted octanol–water partition coefficient (Wildman–Crippen LogP) is 1.37. The number of aromatic nitrogens is 3. The number of hydrogen-bond acceptors (Lipinski definition) is 4. The molecule has 0 atom stereocenters. The molecule has 1 saturated carbocycles. The number of H-pyrrole nitrogens is 2. The molecule has 3 aromatic rings. The molecule has 0 radical (unpaired) electrons. The number of rotatable bonds is 3. The molecule has 23 heavy (non-hydrogen) atoms. The Kier molecular flexibility index (Phi) is 2.74. The van der Waals surface area contributed by atoms with E-state index in [4.69, 9.17) is 0 Å². The molecule has 9 heteroatoms. The van der Waals surface area contributed by atoms with Gasteiger partial charge in [-0.2, -0.15) is 0 Å². The van der Waals surface area contributed by atoms with E-state index in [0.717, 1.165) is 18.9 Å². The quantitative estimate of drug-likeness (QED) is 0.671. The zero-order chi connectivity index (χ0) is 16.4. The Bertz CT molecular complexity index is 1110. The van der Waals surface area contributed by atoms with Crippen LogP contribution in [0.2, 0.25) is 0 Å². The summed E-state index contributed by atoms with van der Waals surface area (Å²) in [4.78, 5) is 20.7. The minimum atomic E-state index is -3.98. The van der Waals surface area contributed by atoms with Crippen LogP contribution in [0.3, 0.4) is 0 Å². The van der Waals surface area contributed by atoms with Gasteiger partial charge in [0.1, 0.15) is 16.4 Å². The second kappa shape index (κ2) is 4.39. The number of nitrogens with zero attached hydrogens (tertiary/aromatic N) is 1. The van der Waals surface area contributed by atoms with Crippen molar-refractivity contribution in [2.24, 2.45) is 0 Å². The van der Waals surface area contributed by atoms with E-state index in [-0.39, 0.29) is 11.0 Å². The van der Waals surface area contributed by atoms with Gasteiger partial charge in [0.15, 0.2) is 0 Å². The average Bonchev–Trinajstić information content (AvgIpc) is 3.05. The van der Waals surface area contributed by atoms with Crippen molar-refractivity contribution in [2.45, 2.75) is 30.2 Å². The zero-order valence-electron chi connectivity index (χ0n) is 12.1. The Balaban J connectivity index is 1.96. The second-order valence-corrected chi connectivity index (χ2v) is 7.73. The molecule has 4 rings (SSSR count). The van der Waals surface area contributed by atoms with Crippen LogP contribution < -0.4 is 10.3 Å². The highest BCUT2D eigenvalue weighted by atomic mass is 32.2. The summed E-state index contributed by atoms with van der Waals surface area (Å²) in [7, 11) is -3.98. The van der Waals surface area contributed by atoms with Crippen LogP contribution in [0.15, 0.2) is 28.2 Å². The molecule has 0 saturated heterocycles. The van der Waals surface area contributed by atoms with Gasteiger partial charge in [-0.15, -0.1) is 0 Å². The summed E-state index contributed by atoms with van der Waals surface area (Å²) in [6, 6.07) is 2.24. The van der Waals surface area contributed by atoms with E-state index in [9.17, 15) is 17.6 Å². The number of hydrogen-bond donors (Lipinski definition) is 3. The van der Waals surface area contributed by atoms with Gasteiger partial charge in [0.05, 0.1) is 11.7 Å². The first-order valence-electron chi connectivity index (χ1n) is 7.02. The molecule has 2 aromatic heterocycles. The molecule has 0 aliphatic heterocycles. The van der Waals surface area contributed by atoms with Crippen molar-refractivity contribution in [1.29, 1.82) is 0 Å². The van der Waals surface area contributed by atoms with Gasteiger partial charge in [0.25, 0.3) is 5.56 Å². The maximum atomic E-state index is 14.4. The summed E-state index contributed by atoms with van der Waals surface area (Å²) in [6.07, 6.45) is 2.67. The average molecular weight is 336 g/mol. The first kappa shape index (κ1) is 14.3. The number of benzene rings is 1. The molecule has 0 amide bonds. The normalized spacial score (nSPS) is 17.0. The Morgan fingerprint density at radius 2 is 2.09 bits per heavy atom. The van der Waals surface area contributed by atoms with Gasteiger partial charge < -0.3 is 9.97 Å². The predicted molar refractivity (Wildman–Crippen MR) is 82.1 cm³/mol. The van der Waals surface area contributed by atoms with Crippen LogP contribution in [0.1, 0.15) is 19.8 Å². The lowest BCUT2D eigenvalue weighted by Gasteiger charge is -2.12. The van der Waals surface area contributed by atoms with E-state index < -0.39 is 31.8 Å². The van der Waals surface area contributed by atoms with Crippen molar-refractivity contribution in [3.05, 3.63) is 34.6 Å². The van der Waals surface area contributed by atoms with E-state index in [2.05, 4.69) is 19.7 Å². The smallest absolute Gasteiger partial charge is 0.260 e. The molecule has 1 fully saturated rings. The Morgan fingerprint density at radius 1 is 1.35 bits per heavy atom. The SMILES string of the molecule is CC1(NS(=O)(=O)c2cc3[nH]c4nc[nH]c(=O)c4c3cc2F)CC1. The summed E-state index contributed by atoms with van der Waals surface area (Å²) < 4.78 is 41.7. The summed E-state index contributed by atoms with van der Waals surface area (Å²) in [5.41, 5.74) is -0.300. The van der Waals surface area contributed by atoms with Crippen LogP contribution in [0.25, 0.3) is 21.9 Å². The Morgan fingerprint density at radius 3 is 2.78 bits per heavy atom. The third-order valence-electron chi connectivity index (χ3n) is 4.12. The lowest BCUT2D eigenvalue weighted by Crippen LogP contribution is -2.34. The fourth-order valence-electron chi connectivity index (χ4n) is 2.61. The van der Waals surface area contributed by atoms with Crippen LogP contribution in [0.4, 0.5) is 4.39 Å². The van der Waals surface area contributed by atoms with Gasteiger partial charge in [-0.05, 0) is 31.9 Å². The maximum Gasteiger partial charge on any atom is 0.260 e. The number of sulfonamides is 1. The molecule has 7 nitrogen and oxygen atoms in total. The van der Waals surface area contributed by atoms with E-state index in [0.29, 0.717) is 10.9 Å². The highest BCUT2D eigenvalue weighted by Crippen LogP contribution is 2.36. The number of nitrogens with one attached hydrogen (secondary N) is 3. The van der Waals surface area contributed by atoms with Crippen molar-refractivity contribution in [3.8, 4) is 0 Å². The van der Waals surface area contributed by atoms with Gasteiger partial charge in [0, 0.05) is 16.4 Å². The summed E-state index contributed by atoms with van der Waals surface area (Å²) in [5.74, 6) is -0.904. The molecular formula is C14H13FN4O3S. The van der Waals surface area contributed by atoms with Gasteiger partial charge in [-0.3, -0.25) is 4.79 Å². The highest BCUT2D eigenvalue weighted by molar-refractivity contribution is 7.89. The maximum absolute atomic E-state index is 14.4. The highest BCUT2D eigenvalue weighted by Gasteiger charge is 2.42. The topological polar surface area (TPSA) is 108 Å². The largest absolute Gasteiger partial charge is 0.339 e. The van der Waals surface area contributed by atoms with Crippen molar-refractivity contribution in [3.63, 3.8) is 0 Å². The fourth-order valence-corrected chi connectivity index (χ4v) is 4.16. The molecule has 1 aliphatic carbocycles. The van der Waals surface area contributed by atoms with E-state index >= 15 is 0 Å². The molecule has 0 unspecified atom stereocenters. The molecule has 1 aliphatic rings. The fraction of sp³-hybridized carbons (Fsp3) is 0.286. The molecule has 120 valence electrons. The second-order valence-electron chi connectivity index (χ2n) is 6.07. The Labute approximate surface area is 130 Å². The van der Waals surface area contributed by atoms with E-state index in [1.807, 2.05) is 0 Å². The monoisotopic (exact) mass is 336 g/mol. The summed E-state index contributed by atoms with van der Waals surface area (Å²) in [5, 5.41) is 0.496. The summed E-state index contributed by atoms with van der Waals surface area (Å²) in [6.45, 7) is 1.77. The summed E-state index contributed by atoms with van der Waals surface area (Å²) >= 11 is 0. The molecule has 2 heterocycles. The third-order valence-corrected chi connectivity index (χ3v) is 5.77. The molecule has 0 spiro atoms. The third kappa shape index (κ3) is 2.23. The van der Waals surface area contributed by atoms with Crippen molar-refractivity contribution >= 4 is 32.0 Å². The lowest BCUT2D eigenvalue weighted by atomic mass is 10.2.